The van der Waals surface area contributed by atoms with E-state index in [9.17, 15) is 18.0 Å². The van der Waals surface area contributed by atoms with Crippen LogP contribution in [0, 0.1) is 0 Å². The Bertz CT molecular complexity index is 779. The summed E-state index contributed by atoms with van der Waals surface area (Å²) in [7, 11) is -1.78. The highest BCUT2D eigenvalue weighted by Gasteiger charge is 2.51. The first-order valence-corrected chi connectivity index (χ1v) is 9.53. The van der Waals surface area contributed by atoms with Gasteiger partial charge in [0.1, 0.15) is 10.8 Å². The van der Waals surface area contributed by atoms with E-state index in [1.54, 1.807) is 29.0 Å². The summed E-state index contributed by atoms with van der Waals surface area (Å²) in [4.78, 5) is 26.6. The second kappa shape index (κ2) is 5.58. The van der Waals surface area contributed by atoms with E-state index in [0.717, 1.165) is 0 Å². The molecule has 1 N–H and O–H groups in total. The molecule has 0 radical (unpaired) electrons. The monoisotopic (exact) mass is 354 g/mol. The first-order valence-electron chi connectivity index (χ1n) is 7.99. The number of aryl methyl sites for hydroxylation is 1. The molecule has 1 saturated carbocycles. The Balaban J connectivity index is 1.70. The van der Waals surface area contributed by atoms with Crippen molar-refractivity contribution in [3.8, 4) is 0 Å². The Morgan fingerprint density at radius 1 is 1.33 bits per heavy atom. The zero-order valence-corrected chi connectivity index (χ0v) is 14.8. The topological polar surface area (TPSA) is 101 Å². The molecule has 2 aliphatic rings. The van der Waals surface area contributed by atoms with E-state index >= 15 is 0 Å². The molecule has 1 atom stereocenters. The average Bonchev–Trinajstić information content (AvgIpc) is 3.20. The van der Waals surface area contributed by atoms with E-state index in [1.165, 1.54) is 13.8 Å². The molecule has 2 fully saturated rings. The standard InChI is InChI=1S/C15H22N4O4S/c1-15(2,24(22,23)11-4-5-11)14(21)17-12-6-7-19(13(12)20)10-8-16-18(3)9-10/h8-9,11-12H,4-7H2,1-3H3,(H,17,21). The van der Waals surface area contributed by atoms with Gasteiger partial charge >= 0.3 is 0 Å². The Morgan fingerprint density at radius 3 is 2.54 bits per heavy atom. The molecule has 1 aliphatic heterocycles. The van der Waals surface area contributed by atoms with Crippen LogP contribution in [0.4, 0.5) is 5.69 Å². The number of carbonyl (C=O) groups is 2. The fraction of sp³-hybridized carbons (Fsp3) is 0.667. The predicted molar refractivity (Wildman–Crippen MR) is 88.1 cm³/mol. The molecule has 9 heteroatoms. The number of anilines is 1. The van der Waals surface area contributed by atoms with Crippen LogP contribution in [-0.2, 0) is 26.5 Å². The van der Waals surface area contributed by atoms with Gasteiger partial charge in [-0.3, -0.25) is 14.3 Å². The van der Waals surface area contributed by atoms with Gasteiger partial charge in [-0.2, -0.15) is 5.10 Å². The lowest BCUT2D eigenvalue weighted by Gasteiger charge is -2.25. The molecule has 24 heavy (non-hydrogen) atoms. The van der Waals surface area contributed by atoms with Gasteiger partial charge < -0.3 is 10.2 Å². The lowest BCUT2D eigenvalue weighted by atomic mass is 10.1. The average molecular weight is 354 g/mol. The maximum Gasteiger partial charge on any atom is 0.249 e. The van der Waals surface area contributed by atoms with E-state index in [0.29, 0.717) is 31.5 Å². The van der Waals surface area contributed by atoms with Crippen molar-refractivity contribution in [2.24, 2.45) is 7.05 Å². The van der Waals surface area contributed by atoms with Gasteiger partial charge in [-0.1, -0.05) is 0 Å². The van der Waals surface area contributed by atoms with E-state index in [4.69, 9.17) is 0 Å². The fourth-order valence-corrected chi connectivity index (χ4v) is 4.78. The molecule has 132 valence electrons. The highest BCUT2D eigenvalue weighted by molar-refractivity contribution is 7.94. The van der Waals surface area contributed by atoms with Crippen LogP contribution in [0.15, 0.2) is 12.4 Å². The molecule has 3 rings (SSSR count). The number of nitrogens with zero attached hydrogens (tertiary/aromatic N) is 3. The lowest BCUT2D eigenvalue weighted by molar-refractivity contribution is -0.127. The number of rotatable bonds is 5. The van der Waals surface area contributed by atoms with Crippen LogP contribution in [-0.4, -0.2) is 52.6 Å². The molecule has 0 aromatic carbocycles. The van der Waals surface area contributed by atoms with Gasteiger partial charge in [-0.05, 0) is 33.1 Å². The number of aromatic nitrogens is 2. The predicted octanol–water partition coefficient (Wildman–Crippen LogP) is -0.00260. The Morgan fingerprint density at radius 2 is 2.00 bits per heavy atom. The minimum absolute atomic E-state index is 0.240. The zero-order valence-electron chi connectivity index (χ0n) is 14.0. The molecular formula is C15H22N4O4S. The maximum atomic E-state index is 12.5. The Labute approximate surface area is 141 Å². The van der Waals surface area contributed by atoms with Gasteiger partial charge in [0.2, 0.25) is 11.8 Å². The molecule has 0 spiro atoms. The first kappa shape index (κ1) is 16.9. The van der Waals surface area contributed by atoms with Crippen LogP contribution in [0.1, 0.15) is 33.1 Å². The molecule has 1 aliphatic carbocycles. The molecule has 1 aromatic heterocycles. The van der Waals surface area contributed by atoms with E-state index in [-0.39, 0.29) is 5.91 Å². The van der Waals surface area contributed by atoms with Crippen LogP contribution in [0.5, 0.6) is 0 Å². The van der Waals surface area contributed by atoms with Crippen LogP contribution >= 0.6 is 0 Å². The summed E-state index contributed by atoms with van der Waals surface area (Å²) in [5, 5.41) is 6.24. The molecule has 2 amide bonds. The summed E-state index contributed by atoms with van der Waals surface area (Å²) < 4.78 is 24.9. The third-order valence-corrected chi connectivity index (χ3v) is 7.69. The highest BCUT2D eigenvalue weighted by atomic mass is 32.2. The van der Waals surface area contributed by atoms with Crippen LogP contribution in [0.2, 0.25) is 0 Å². The Hall–Kier alpha value is -1.90. The van der Waals surface area contributed by atoms with Crippen molar-refractivity contribution in [3.05, 3.63) is 12.4 Å². The largest absolute Gasteiger partial charge is 0.343 e. The minimum Gasteiger partial charge on any atom is -0.343 e. The van der Waals surface area contributed by atoms with E-state index in [1.807, 2.05) is 0 Å². The van der Waals surface area contributed by atoms with Crippen LogP contribution in [0.25, 0.3) is 0 Å². The molecule has 1 aromatic rings. The van der Waals surface area contributed by atoms with Gasteiger partial charge in [-0.25, -0.2) is 8.42 Å². The summed E-state index contributed by atoms with van der Waals surface area (Å²) in [6.07, 6.45) is 4.97. The van der Waals surface area contributed by atoms with Gasteiger partial charge in [0, 0.05) is 19.8 Å². The SMILES string of the molecule is Cn1cc(N2CCC(NC(=O)C(C)(C)S(=O)(=O)C3CC3)C2=O)cn1. The van der Waals surface area contributed by atoms with Crippen molar-refractivity contribution in [2.45, 2.75) is 49.1 Å². The normalized spacial score (nSPS) is 22.0. The third-order valence-electron chi connectivity index (χ3n) is 4.74. The van der Waals surface area contributed by atoms with Gasteiger partial charge in [0.05, 0.1) is 17.1 Å². The summed E-state index contributed by atoms with van der Waals surface area (Å²) in [6, 6.07) is -0.702. The van der Waals surface area contributed by atoms with Crippen molar-refractivity contribution < 1.29 is 18.0 Å². The second-order valence-corrected chi connectivity index (χ2v) is 9.71. The number of nitrogens with one attached hydrogen (secondary N) is 1. The molecule has 8 nitrogen and oxygen atoms in total. The van der Waals surface area contributed by atoms with Gasteiger partial charge in [-0.15, -0.1) is 0 Å². The first-order chi connectivity index (χ1) is 11.1. The minimum atomic E-state index is -3.54. The number of hydrogen-bond donors (Lipinski definition) is 1. The van der Waals surface area contributed by atoms with Crippen molar-refractivity contribution in [2.75, 3.05) is 11.4 Å². The number of hydrogen-bond acceptors (Lipinski definition) is 5. The second-order valence-electron chi connectivity index (χ2n) is 6.93. The molecule has 1 unspecified atom stereocenters. The van der Waals surface area contributed by atoms with E-state index in [2.05, 4.69) is 10.4 Å². The number of carbonyl (C=O) groups excluding carboxylic acids is 2. The molecule has 0 bridgehead atoms. The maximum absolute atomic E-state index is 12.5. The van der Waals surface area contributed by atoms with Crippen LogP contribution < -0.4 is 10.2 Å². The smallest absolute Gasteiger partial charge is 0.249 e. The van der Waals surface area contributed by atoms with Crippen molar-refractivity contribution >= 4 is 27.3 Å². The quantitative estimate of drug-likeness (QED) is 0.802. The van der Waals surface area contributed by atoms with Crippen molar-refractivity contribution in [1.82, 2.24) is 15.1 Å². The van der Waals surface area contributed by atoms with Gasteiger partial charge in [0.15, 0.2) is 9.84 Å². The zero-order chi connectivity index (χ0) is 17.7. The van der Waals surface area contributed by atoms with Crippen molar-refractivity contribution in [3.63, 3.8) is 0 Å². The van der Waals surface area contributed by atoms with Crippen molar-refractivity contribution in [1.29, 1.82) is 0 Å². The number of sulfone groups is 1. The fourth-order valence-electron chi connectivity index (χ4n) is 2.87. The van der Waals surface area contributed by atoms with Gasteiger partial charge in [0.25, 0.3) is 0 Å². The third kappa shape index (κ3) is 2.70. The molecular weight excluding hydrogens is 332 g/mol. The summed E-state index contributed by atoms with van der Waals surface area (Å²) in [6.45, 7) is 3.29. The van der Waals surface area contributed by atoms with E-state index < -0.39 is 31.8 Å². The summed E-state index contributed by atoms with van der Waals surface area (Å²) in [5.41, 5.74) is 0.670. The lowest BCUT2D eigenvalue weighted by Crippen LogP contribution is -2.53. The summed E-state index contributed by atoms with van der Waals surface area (Å²) in [5.74, 6) is -0.850. The number of amides is 2. The highest BCUT2D eigenvalue weighted by Crippen LogP contribution is 2.36. The van der Waals surface area contributed by atoms with Crippen LogP contribution in [0.3, 0.4) is 0 Å². The molecule has 1 saturated heterocycles. The summed E-state index contributed by atoms with van der Waals surface area (Å²) >= 11 is 0. The molecule has 2 heterocycles. The Kier molecular flexibility index (Phi) is 3.94.